The van der Waals surface area contributed by atoms with Crippen LogP contribution in [0.15, 0.2) is 36.4 Å². The van der Waals surface area contributed by atoms with Crippen LogP contribution in [0.2, 0.25) is 0 Å². The topological polar surface area (TPSA) is 14.2 Å². The first-order valence-electron chi connectivity index (χ1n) is 6.13. The second-order valence-electron chi connectivity index (χ2n) is 4.68. The number of hydrogen-bond acceptors (Lipinski definition) is 1. The summed E-state index contributed by atoms with van der Waals surface area (Å²) < 4.78 is 8.14. The van der Waals surface area contributed by atoms with Crippen molar-refractivity contribution in [3.05, 3.63) is 53.3 Å². The van der Waals surface area contributed by atoms with Gasteiger partial charge in [0.2, 0.25) is 0 Å². The van der Waals surface area contributed by atoms with Crippen LogP contribution in [-0.4, -0.2) is 11.2 Å². The summed E-state index contributed by atoms with van der Waals surface area (Å²) in [5, 5.41) is 0. The maximum Gasteiger partial charge on any atom is 0.124 e. The van der Waals surface area contributed by atoms with E-state index in [9.17, 15) is 0 Å². The van der Waals surface area contributed by atoms with Gasteiger partial charge < -0.3 is 9.30 Å². The molecule has 1 aromatic heterocycles. The molecule has 1 aliphatic rings. The van der Waals surface area contributed by atoms with Crippen molar-refractivity contribution in [2.45, 2.75) is 26.3 Å². The fraction of sp³-hybridized carbons (Fsp3) is 0.333. The van der Waals surface area contributed by atoms with Gasteiger partial charge in [0.25, 0.3) is 0 Å². The van der Waals surface area contributed by atoms with E-state index in [2.05, 4.69) is 48.7 Å². The van der Waals surface area contributed by atoms with E-state index in [1.165, 1.54) is 17.0 Å². The van der Waals surface area contributed by atoms with Gasteiger partial charge in [-0.15, -0.1) is 0 Å². The van der Waals surface area contributed by atoms with Gasteiger partial charge in [-0.2, -0.15) is 0 Å². The lowest BCUT2D eigenvalue weighted by Crippen LogP contribution is -2.21. The molecule has 0 radical (unpaired) electrons. The van der Waals surface area contributed by atoms with E-state index >= 15 is 0 Å². The second-order valence-corrected chi connectivity index (χ2v) is 4.68. The van der Waals surface area contributed by atoms with Gasteiger partial charge in [0.1, 0.15) is 5.75 Å². The number of aryl methyl sites for hydroxylation is 2. The van der Waals surface area contributed by atoms with Gasteiger partial charge in [-0.05, 0) is 32.0 Å². The molecule has 0 saturated carbocycles. The number of para-hydroxylation sites is 1. The fourth-order valence-corrected chi connectivity index (χ4v) is 2.76. The van der Waals surface area contributed by atoms with Crippen molar-refractivity contribution < 1.29 is 4.74 Å². The summed E-state index contributed by atoms with van der Waals surface area (Å²) in [6, 6.07) is 13.2. The smallest absolute Gasteiger partial charge is 0.124 e. The lowest BCUT2D eigenvalue weighted by Gasteiger charge is -2.29. The minimum atomic E-state index is 0.426. The minimum absolute atomic E-state index is 0.426. The third-order valence-electron chi connectivity index (χ3n) is 3.56. The van der Waals surface area contributed by atoms with E-state index in [1.807, 2.05) is 6.07 Å². The zero-order valence-corrected chi connectivity index (χ0v) is 10.3. The zero-order valence-electron chi connectivity index (χ0n) is 10.3. The Bertz CT molecular complexity index is 522. The number of rotatable bonds is 1. The Balaban J connectivity index is 2.12. The van der Waals surface area contributed by atoms with Gasteiger partial charge in [-0.3, -0.25) is 0 Å². The van der Waals surface area contributed by atoms with Crippen molar-refractivity contribution in [1.29, 1.82) is 0 Å². The quantitative estimate of drug-likeness (QED) is 0.727. The SMILES string of the molecule is Cc1ccc(C)n1C1CCOc2ccccc21. The Kier molecular flexibility index (Phi) is 2.43. The molecule has 0 bridgehead atoms. The molecule has 1 aliphatic heterocycles. The predicted octanol–water partition coefficient (Wildman–Crippen LogP) is 3.48. The average Bonchev–Trinajstić information content (AvgIpc) is 2.69. The number of hydrogen-bond donors (Lipinski definition) is 0. The van der Waals surface area contributed by atoms with Gasteiger partial charge in [-0.1, -0.05) is 18.2 Å². The van der Waals surface area contributed by atoms with Crippen LogP contribution in [0.25, 0.3) is 0 Å². The monoisotopic (exact) mass is 227 g/mol. The van der Waals surface area contributed by atoms with Crippen LogP contribution in [0.1, 0.15) is 29.4 Å². The summed E-state index contributed by atoms with van der Waals surface area (Å²) in [7, 11) is 0. The molecule has 0 amide bonds. The second kappa shape index (κ2) is 3.95. The van der Waals surface area contributed by atoms with Crippen molar-refractivity contribution in [1.82, 2.24) is 4.57 Å². The van der Waals surface area contributed by atoms with Gasteiger partial charge in [0, 0.05) is 23.4 Å². The van der Waals surface area contributed by atoms with E-state index in [0.29, 0.717) is 6.04 Å². The van der Waals surface area contributed by atoms with Crippen molar-refractivity contribution >= 4 is 0 Å². The van der Waals surface area contributed by atoms with Crippen LogP contribution >= 0.6 is 0 Å². The lowest BCUT2D eigenvalue weighted by molar-refractivity contribution is 0.254. The predicted molar refractivity (Wildman–Crippen MR) is 68.6 cm³/mol. The van der Waals surface area contributed by atoms with Crippen LogP contribution in [-0.2, 0) is 0 Å². The molecular formula is C15H17NO. The summed E-state index contributed by atoms with van der Waals surface area (Å²) >= 11 is 0. The highest BCUT2D eigenvalue weighted by molar-refractivity contribution is 5.39. The molecule has 88 valence electrons. The van der Waals surface area contributed by atoms with Crippen LogP contribution in [0.5, 0.6) is 5.75 Å². The third kappa shape index (κ3) is 1.64. The average molecular weight is 227 g/mol. The Hall–Kier alpha value is -1.70. The number of fused-ring (bicyclic) bond motifs is 1. The summed E-state index contributed by atoms with van der Waals surface area (Å²) in [6.07, 6.45) is 1.05. The summed E-state index contributed by atoms with van der Waals surface area (Å²) in [6.45, 7) is 5.15. The highest BCUT2D eigenvalue weighted by Gasteiger charge is 2.23. The van der Waals surface area contributed by atoms with Crippen molar-refractivity contribution in [3.63, 3.8) is 0 Å². The molecule has 2 heterocycles. The standard InChI is InChI=1S/C15H17NO/c1-11-7-8-12(2)16(11)14-9-10-17-15-6-4-3-5-13(14)15/h3-8,14H,9-10H2,1-2H3. The normalized spacial score (nSPS) is 18.6. The first-order chi connectivity index (χ1) is 8.27. The van der Waals surface area contributed by atoms with E-state index in [-0.39, 0.29) is 0 Å². The van der Waals surface area contributed by atoms with Gasteiger partial charge in [0.05, 0.1) is 12.6 Å². The Morgan fingerprint density at radius 2 is 1.76 bits per heavy atom. The first-order valence-corrected chi connectivity index (χ1v) is 6.13. The molecule has 2 aromatic rings. The van der Waals surface area contributed by atoms with Crippen LogP contribution in [0, 0.1) is 13.8 Å². The van der Waals surface area contributed by atoms with Crippen LogP contribution in [0.3, 0.4) is 0 Å². The summed E-state index contributed by atoms with van der Waals surface area (Å²) in [4.78, 5) is 0. The lowest BCUT2D eigenvalue weighted by atomic mass is 10.00. The molecule has 1 aromatic carbocycles. The maximum absolute atomic E-state index is 5.72. The van der Waals surface area contributed by atoms with E-state index < -0.39 is 0 Å². The summed E-state index contributed by atoms with van der Waals surface area (Å²) in [5.41, 5.74) is 3.95. The third-order valence-corrected chi connectivity index (χ3v) is 3.56. The molecule has 1 unspecified atom stereocenters. The van der Waals surface area contributed by atoms with Crippen LogP contribution in [0.4, 0.5) is 0 Å². The molecule has 0 N–H and O–H groups in total. The molecule has 17 heavy (non-hydrogen) atoms. The highest BCUT2D eigenvalue weighted by Crippen LogP contribution is 2.36. The van der Waals surface area contributed by atoms with E-state index in [4.69, 9.17) is 4.74 Å². The largest absolute Gasteiger partial charge is 0.493 e. The number of aromatic nitrogens is 1. The van der Waals surface area contributed by atoms with E-state index in [1.54, 1.807) is 0 Å². The Morgan fingerprint density at radius 3 is 2.53 bits per heavy atom. The molecule has 0 saturated heterocycles. The molecule has 0 fully saturated rings. The molecule has 2 nitrogen and oxygen atoms in total. The highest BCUT2D eigenvalue weighted by atomic mass is 16.5. The number of benzene rings is 1. The Labute approximate surface area is 102 Å². The zero-order chi connectivity index (χ0) is 11.8. The Morgan fingerprint density at radius 1 is 1.06 bits per heavy atom. The van der Waals surface area contributed by atoms with E-state index in [0.717, 1.165) is 18.8 Å². The molecule has 2 heteroatoms. The first kappa shape index (κ1) is 10.5. The number of nitrogens with zero attached hydrogens (tertiary/aromatic N) is 1. The molecule has 3 rings (SSSR count). The minimum Gasteiger partial charge on any atom is -0.493 e. The summed E-state index contributed by atoms with van der Waals surface area (Å²) in [5.74, 6) is 1.04. The van der Waals surface area contributed by atoms with Crippen LogP contribution < -0.4 is 4.74 Å². The molecular weight excluding hydrogens is 210 g/mol. The number of ether oxygens (including phenoxy) is 1. The van der Waals surface area contributed by atoms with Crippen molar-refractivity contribution in [3.8, 4) is 5.75 Å². The fourth-order valence-electron chi connectivity index (χ4n) is 2.76. The molecule has 0 aliphatic carbocycles. The molecule has 0 spiro atoms. The van der Waals surface area contributed by atoms with Crippen molar-refractivity contribution in [2.75, 3.05) is 6.61 Å². The van der Waals surface area contributed by atoms with Crippen molar-refractivity contribution in [2.24, 2.45) is 0 Å². The maximum atomic E-state index is 5.72. The van der Waals surface area contributed by atoms with Gasteiger partial charge in [0.15, 0.2) is 0 Å². The van der Waals surface area contributed by atoms with Gasteiger partial charge >= 0.3 is 0 Å². The molecule has 1 atom stereocenters. The van der Waals surface area contributed by atoms with Gasteiger partial charge in [-0.25, -0.2) is 0 Å².